The van der Waals surface area contributed by atoms with E-state index in [4.69, 9.17) is 4.74 Å². The summed E-state index contributed by atoms with van der Waals surface area (Å²) in [6, 6.07) is 28.6. The van der Waals surface area contributed by atoms with E-state index in [0.29, 0.717) is 16.8 Å². The van der Waals surface area contributed by atoms with Gasteiger partial charge < -0.3 is 15.0 Å². The third-order valence-corrected chi connectivity index (χ3v) is 8.10. The maximum absolute atomic E-state index is 14.4. The number of nitrogens with zero attached hydrogens (tertiary/aromatic N) is 2. The molecule has 4 rings (SSSR count). The Bertz CT molecular complexity index is 1680. The van der Waals surface area contributed by atoms with Gasteiger partial charge in [0, 0.05) is 23.9 Å². The van der Waals surface area contributed by atoms with E-state index in [-0.39, 0.29) is 18.9 Å². The summed E-state index contributed by atoms with van der Waals surface area (Å²) in [5, 5.41) is 4.58. The summed E-state index contributed by atoms with van der Waals surface area (Å²) in [5.41, 5.74) is 1.45. The fourth-order valence-electron chi connectivity index (χ4n) is 4.99. The lowest BCUT2D eigenvalue weighted by Crippen LogP contribution is -2.56. The number of hydrogen-bond donors (Lipinski definition) is 1. The Morgan fingerprint density at radius 2 is 1.49 bits per heavy atom. The molecule has 43 heavy (non-hydrogen) atoms. The monoisotopic (exact) mass is 601 g/mol. The molecule has 0 aromatic heterocycles. The van der Waals surface area contributed by atoms with Crippen LogP contribution in [0.25, 0.3) is 10.8 Å². The zero-order chi connectivity index (χ0) is 31.2. The van der Waals surface area contributed by atoms with Crippen LogP contribution in [0.2, 0.25) is 0 Å². The Labute approximate surface area is 254 Å². The highest BCUT2D eigenvalue weighted by molar-refractivity contribution is 7.92. The van der Waals surface area contributed by atoms with E-state index < -0.39 is 34.1 Å². The van der Waals surface area contributed by atoms with E-state index in [9.17, 15) is 18.0 Å². The molecule has 4 aromatic rings. The summed E-state index contributed by atoms with van der Waals surface area (Å²) in [6.45, 7) is 5.23. The van der Waals surface area contributed by atoms with E-state index >= 15 is 0 Å². The predicted molar refractivity (Wildman–Crippen MR) is 172 cm³/mol. The fraction of sp³-hybridized carbons (Fsp3) is 0.294. The van der Waals surface area contributed by atoms with Gasteiger partial charge in [-0.25, -0.2) is 8.42 Å². The van der Waals surface area contributed by atoms with E-state index in [1.54, 1.807) is 31.4 Å². The Morgan fingerprint density at radius 3 is 2.16 bits per heavy atom. The SMILES string of the molecule is COc1cccc(CN(C(=O)CN(c2cccc3ccccc23)S(C)(=O)=O)[C@H](Cc2ccccc2)C(=O)NC(C)(C)C)c1. The Balaban J connectivity index is 1.80. The van der Waals surface area contributed by atoms with E-state index in [0.717, 1.165) is 27.1 Å². The minimum atomic E-state index is -3.89. The third kappa shape index (κ3) is 8.35. The van der Waals surface area contributed by atoms with Crippen LogP contribution in [0, 0.1) is 0 Å². The molecule has 226 valence electrons. The van der Waals surface area contributed by atoms with E-state index in [2.05, 4.69) is 5.32 Å². The molecule has 0 bridgehead atoms. The van der Waals surface area contributed by atoms with Gasteiger partial charge in [0.15, 0.2) is 0 Å². The molecule has 0 aliphatic rings. The number of rotatable bonds is 11. The quantitative estimate of drug-likeness (QED) is 0.256. The molecule has 0 unspecified atom stereocenters. The van der Waals surface area contributed by atoms with Crippen molar-refractivity contribution in [1.29, 1.82) is 0 Å². The van der Waals surface area contributed by atoms with Crippen LogP contribution in [0.15, 0.2) is 97.1 Å². The number of anilines is 1. The van der Waals surface area contributed by atoms with Crippen LogP contribution in [0.1, 0.15) is 31.9 Å². The van der Waals surface area contributed by atoms with Crippen molar-refractivity contribution in [2.75, 3.05) is 24.2 Å². The van der Waals surface area contributed by atoms with Crippen LogP contribution in [0.5, 0.6) is 5.75 Å². The zero-order valence-electron chi connectivity index (χ0n) is 25.3. The number of methoxy groups -OCH3 is 1. The standard InChI is InChI=1S/C34H39N3O5S/c1-34(2,3)35-33(39)31(22-25-13-7-6-8-14-25)36(23-26-15-11-18-28(21-26)42-4)32(38)24-37(43(5,40)41)30-20-12-17-27-16-9-10-19-29(27)30/h6-21,31H,22-24H2,1-5H3,(H,35,39)/t31-/m1/s1. The molecule has 0 saturated carbocycles. The molecular weight excluding hydrogens is 562 g/mol. The van der Waals surface area contributed by atoms with Gasteiger partial charge in [0.2, 0.25) is 21.8 Å². The third-order valence-electron chi connectivity index (χ3n) is 6.97. The van der Waals surface area contributed by atoms with Crippen molar-refractivity contribution in [3.05, 3.63) is 108 Å². The molecule has 0 aliphatic heterocycles. The van der Waals surface area contributed by atoms with Gasteiger partial charge in [0.05, 0.1) is 19.1 Å². The van der Waals surface area contributed by atoms with Crippen molar-refractivity contribution in [2.45, 2.75) is 45.3 Å². The predicted octanol–water partition coefficient (Wildman–Crippen LogP) is 5.17. The van der Waals surface area contributed by atoms with Crippen molar-refractivity contribution in [3.63, 3.8) is 0 Å². The number of nitrogens with one attached hydrogen (secondary N) is 1. The first kappa shape index (κ1) is 31.6. The highest BCUT2D eigenvalue weighted by atomic mass is 32.2. The molecule has 9 heteroatoms. The lowest BCUT2D eigenvalue weighted by atomic mass is 10.0. The van der Waals surface area contributed by atoms with Gasteiger partial charge >= 0.3 is 0 Å². The highest BCUT2D eigenvalue weighted by Gasteiger charge is 2.34. The normalized spacial score (nSPS) is 12.4. The second-order valence-corrected chi connectivity index (χ2v) is 13.5. The average molecular weight is 602 g/mol. The van der Waals surface area contributed by atoms with E-state index in [1.807, 2.05) is 93.6 Å². The van der Waals surface area contributed by atoms with Gasteiger partial charge in [-0.15, -0.1) is 0 Å². The van der Waals surface area contributed by atoms with Crippen molar-refractivity contribution in [3.8, 4) is 5.75 Å². The number of benzene rings is 4. The molecular formula is C34H39N3O5S. The van der Waals surface area contributed by atoms with Gasteiger partial charge in [-0.3, -0.25) is 13.9 Å². The molecule has 0 spiro atoms. The first-order valence-electron chi connectivity index (χ1n) is 14.1. The number of carbonyl (C=O) groups excluding carboxylic acids is 2. The molecule has 2 amide bonds. The molecule has 0 radical (unpaired) electrons. The molecule has 0 aliphatic carbocycles. The first-order valence-corrected chi connectivity index (χ1v) is 15.9. The maximum Gasteiger partial charge on any atom is 0.244 e. The summed E-state index contributed by atoms with van der Waals surface area (Å²) < 4.78 is 33.0. The van der Waals surface area contributed by atoms with Gasteiger partial charge in [-0.1, -0.05) is 78.9 Å². The molecule has 1 atom stereocenters. The van der Waals surface area contributed by atoms with Crippen molar-refractivity contribution in [1.82, 2.24) is 10.2 Å². The number of ether oxygens (including phenoxy) is 1. The van der Waals surface area contributed by atoms with Gasteiger partial charge in [0.25, 0.3) is 0 Å². The molecule has 4 aromatic carbocycles. The first-order chi connectivity index (χ1) is 20.4. The lowest BCUT2D eigenvalue weighted by molar-refractivity contribution is -0.140. The lowest BCUT2D eigenvalue weighted by Gasteiger charge is -2.35. The largest absolute Gasteiger partial charge is 0.497 e. The maximum atomic E-state index is 14.4. The molecule has 8 nitrogen and oxygen atoms in total. The summed E-state index contributed by atoms with van der Waals surface area (Å²) in [5.74, 6) is -0.230. The Hall–Kier alpha value is -4.37. The van der Waals surface area contributed by atoms with Crippen molar-refractivity contribution >= 4 is 38.3 Å². The van der Waals surface area contributed by atoms with Crippen molar-refractivity contribution < 1.29 is 22.7 Å². The second kappa shape index (κ2) is 13.3. The molecule has 0 saturated heterocycles. The molecule has 1 N–H and O–H groups in total. The number of carbonyl (C=O) groups is 2. The summed E-state index contributed by atoms with van der Waals surface area (Å²) >= 11 is 0. The van der Waals surface area contributed by atoms with Gasteiger partial charge in [0.1, 0.15) is 18.3 Å². The number of sulfonamides is 1. The summed E-state index contributed by atoms with van der Waals surface area (Å²) in [6.07, 6.45) is 1.33. The zero-order valence-corrected chi connectivity index (χ0v) is 26.1. The van der Waals surface area contributed by atoms with Crippen LogP contribution in [0.3, 0.4) is 0 Å². The number of fused-ring (bicyclic) bond motifs is 1. The van der Waals surface area contributed by atoms with Crippen LogP contribution in [-0.2, 0) is 32.6 Å². The number of hydrogen-bond acceptors (Lipinski definition) is 5. The fourth-order valence-corrected chi connectivity index (χ4v) is 5.86. The second-order valence-electron chi connectivity index (χ2n) is 11.6. The highest BCUT2D eigenvalue weighted by Crippen LogP contribution is 2.29. The summed E-state index contributed by atoms with van der Waals surface area (Å²) in [7, 11) is -2.33. The minimum Gasteiger partial charge on any atom is -0.497 e. The van der Waals surface area contributed by atoms with Crippen LogP contribution >= 0.6 is 0 Å². The Morgan fingerprint density at radius 1 is 0.860 bits per heavy atom. The topological polar surface area (TPSA) is 96.0 Å². The smallest absolute Gasteiger partial charge is 0.244 e. The Kier molecular flexibility index (Phi) is 9.76. The number of amides is 2. The van der Waals surface area contributed by atoms with Gasteiger partial charge in [-0.05, 0) is 55.5 Å². The minimum absolute atomic E-state index is 0.0677. The average Bonchev–Trinajstić information content (AvgIpc) is 2.96. The molecule has 0 heterocycles. The summed E-state index contributed by atoms with van der Waals surface area (Å²) in [4.78, 5) is 29.7. The van der Waals surface area contributed by atoms with Gasteiger partial charge in [-0.2, -0.15) is 0 Å². The van der Waals surface area contributed by atoms with Crippen molar-refractivity contribution in [2.24, 2.45) is 0 Å². The van der Waals surface area contributed by atoms with Crippen LogP contribution < -0.4 is 14.4 Å². The molecule has 0 fully saturated rings. The van der Waals surface area contributed by atoms with Crippen LogP contribution in [0.4, 0.5) is 5.69 Å². The van der Waals surface area contributed by atoms with E-state index in [1.165, 1.54) is 4.90 Å². The van der Waals surface area contributed by atoms with Crippen LogP contribution in [-0.4, -0.2) is 56.6 Å².